The highest BCUT2D eigenvalue weighted by Crippen LogP contribution is 2.26. The molecule has 0 unspecified atom stereocenters. The third-order valence-corrected chi connectivity index (χ3v) is 4.43. The van der Waals surface area contributed by atoms with Gasteiger partial charge in [-0.3, -0.25) is 4.57 Å². The first-order valence-corrected chi connectivity index (χ1v) is 8.26. The van der Waals surface area contributed by atoms with Crippen molar-refractivity contribution >= 4 is 22.7 Å². The summed E-state index contributed by atoms with van der Waals surface area (Å²) in [6.07, 6.45) is 1.33. The van der Waals surface area contributed by atoms with Crippen molar-refractivity contribution in [2.24, 2.45) is 0 Å². The maximum Gasteiger partial charge on any atom is 0.339 e. The molecule has 27 heavy (non-hydrogen) atoms. The van der Waals surface area contributed by atoms with Gasteiger partial charge in [0.1, 0.15) is 17.6 Å². The van der Waals surface area contributed by atoms with Crippen LogP contribution >= 0.6 is 0 Å². The first-order chi connectivity index (χ1) is 13.0. The molecule has 0 saturated heterocycles. The molecule has 0 bridgehead atoms. The molecule has 2 heterocycles. The van der Waals surface area contributed by atoms with E-state index < -0.39 is 0 Å². The fourth-order valence-corrected chi connectivity index (χ4v) is 3.13. The van der Waals surface area contributed by atoms with Crippen LogP contribution in [0, 0.1) is 6.92 Å². The number of ether oxygens (including phenoxy) is 1. The number of rotatable bonds is 3. The van der Waals surface area contributed by atoms with E-state index in [0.717, 1.165) is 5.56 Å². The third-order valence-electron chi connectivity index (χ3n) is 4.43. The number of aromatic nitrogens is 4. The van der Waals surface area contributed by atoms with Crippen molar-refractivity contribution in [2.45, 2.75) is 6.92 Å². The van der Waals surface area contributed by atoms with Gasteiger partial charge in [-0.25, -0.2) is 19.3 Å². The summed E-state index contributed by atoms with van der Waals surface area (Å²) in [5.74, 6) is 0.874. The van der Waals surface area contributed by atoms with Crippen LogP contribution in [0.1, 0.15) is 5.56 Å². The Hall–Kier alpha value is -3.81. The van der Waals surface area contributed by atoms with Crippen LogP contribution in [0.5, 0.6) is 5.75 Å². The molecule has 0 aliphatic heterocycles. The molecular formula is C19H18N6O2. The molecule has 0 fully saturated rings. The van der Waals surface area contributed by atoms with Crippen molar-refractivity contribution in [3.05, 3.63) is 64.8 Å². The largest absolute Gasteiger partial charge is 0.496 e. The monoisotopic (exact) mass is 362 g/mol. The lowest BCUT2D eigenvalue weighted by Crippen LogP contribution is -2.22. The minimum absolute atomic E-state index is 0.208. The molecule has 0 aliphatic carbocycles. The summed E-state index contributed by atoms with van der Waals surface area (Å²) in [6, 6.07) is 12.5. The van der Waals surface area contributed by atoms with Crippen molar-refractivity contribution in [1.29, 1.82) is 0 Å². The highest BCUT2D eigenvalue weighted by Gasteiger charge is 2.20. The molecule has 4 aromatic rings. The number of fused-ring (bicyclic) bond motifs is 1. The number of nitrogen functional groups attached to an aromatic ring is 2. The molecule has 4 N–H and O–H groups in total. The third kappa shape index (κ3) is 2.58. The number of hydrogen-bond donors (Lipinski definition) is 2. The van der Waals surface area contributed by atoms with Crippen LogP contribution < -0.4 is 21.9 Å². The summed E-state index contributed by atoms with van der Waals surface area (Å²) in [7, 11) is 1.59. The highest BCUT2D eigenvalue weighted by molar-refractivity contribution is 5.85. The van der Waals surface area contributed by atoms with E-state index >= 15 is 0 Å². The number of methoxy groups -OCH3 is 1. The normalized spacial score (nSPS) is 11.0. The van der Waals surface area contributed by atoms with Crippen molar-refractivity contribution in [3.8, 4) is 17.1 Å². The van der Waals surface area contributed by atoms with E-state index in [2.05, 4.69) is 9.97 Å². The van der Waals surface area contributed by atoms with Gasteiger partial charge in [0.05, 0.1) is 18.5 Å². The fourth-order valence-electron chi connectivity index (χ4n) is 3.13. The molecule has 0 radical (unpaired) electrons. The lowest BCUT2D eigenvalue weighted by atomic mass is 10.2. The van der Waals surface area contributed by atoms with Crippen LogP contribution in [-0.4, -0.2) is 26.2 Å². The van der Waals surface area contributed by atoms with Crippen LogP contribution in [-0.2, 0) is 0 Å². The summed E-state index contributed by atoms with van der Waals surface area (Å²) >= 11 is 0. The number of imidazole rings is 1. The van der Waals surface area contributed by atoms with Crippen LogP contribution in [0.15, 0.2) is 53.6 Å². The number of anilines is 2. The van der Waals surface area contributed by atoms with E-state index in [9.17, 15) is 4.79 Å². The standard InChI is InChI=1S/C19H18N6O2/c1-11-6-7-14(9-15(11)27-2)24-16-17(21)22-10-23-18(16)25(19(24)26)13-5-3-4-12(20)8-13/h3-10H,20H2,1-2H3,(H2,21,22,23). The van der Waals surface area contributed by atoms with Crippen molar-refractivity contribution in [3.63, 3.8) is 0 Å². The fraction of sp³-hybridized carbons (Fsp3) is 0.105. The second kappa shape index (κ2) is 6.17. The number of benzene rings is 2. The Morgan fingerprint density at radius 1 is 1.00 bits per heavy atom. The molecule has 136 valence electrons. The topological polar surface area (TPSA) is 114 Å². The first-order valence-electron chi connectivity index (χ1n) is 8.26. The van der Waals surface area contributed by atoms with Crippen molar-refractivity contribution in [2.75, 3.05) is 18.6 Å². The average molecular weight is 362 g/mol. The molecule has 2 aromatic heterocycles. The second-order valence-electron chi connectivity index (χ2n) is 6.13. The van der Waals surface area contributed by atoms with Gasteiger partial charge >= 0.3 is 5.69 Å². The molecule has 0 saturated carbocycles. The Bertz CT molecular complexity index is 1220. The highest BCUT2D eigenvalue weighted by atomic mass is 16.5. The summed E-state index contributed by atoms with van der Waals surface area (Å²) in [5.41, 5.74) is 15.2. The van der Waals surface area contributed by atoms with Gasteiger partial charge < -0.3 is 16.2 Å². The maximum absolute atomic E-state index is 13.4. The van der Waals surface area contributed by atoms with Crippen LogP contribution in [0.2, 0.25) is 0 Å². The van der Waals surface area contributed by atoms with E-state index in [1.807, 2.05) is 19.1 Å². The Morgan fingerprint density at radius 3 is 2.52 bits per heavy atom. The second-order valence-corrected chi connectivity index (χ2v) is 6.13. The smallest absolute Gasteiger partial charge is 0.339 e. The molecule has 0 amide bonds. The van der Waals surface area contributed by atoms with Gasteiger partial charge in [-0.15, -0.1) is 0 Å². The molecule has 0 spiro atoms. The van der Waals surface area contributed by atoms with Crippen LogP contribution in [0.3, 0.4) is 0 Å². The SMILES string of the molecule is COc1cc(-n2c(=O)n(-c3cccc(N)c3)c3ncnc(N)c32)ccc1C. The summed E-state index contributed by atoms with van der Waals surface area (Å²) in [5, 5.41) is 0. The molecule has 8 nitrogen and oxygen atoms in total. The number of nitrogens with zero attached hydrogens (tertiary/aromatic N) is 4. The van der Waals surface area contributed by atoms with Gasteiger partial charge in [-0.2, -0.15) is 0 Å². The lowest BCUT2D eigenvalue weighted by molar-refractivity contribution is 0.411. The zero-order valence-electron chi connectivity index (χ0n) is 14.9. The Balaban J connectivity index is 2.11. The molecule has 4 rings (SSSR count). The predicted molar refractivity (Wildman–Crippen MR) is 105 cm³/mol. The van der Waals surface area contributed by atoms with Crippen LogP contribution in [0.4, 0.5) is 11.5 Å². The number of nitrogens with two attached hydrogens (primary N) is 2. The van der Waals surface area contributed by atoms with E-state index in [1.54, 1.807) is 37.4 Å². The van der Waals surface area contributed by atoms with Crippen LogP contribution in [0.25, 0.3) is 22.5 Å². The van der Waals surface area contributed by atoms with E-state index in [4.69, 9.17) is 16.2 Å². The van der Waals surface area contributed by atoms with Crippen molar-refractivity contribution in [1.82, 2.24) is 19.1 Å². The molecule has 8 heteroatoms. The predicted octanol–water partition coefficient (Wildman–Crippen LogP) is 2.05. The van der Waals surface area contributed by atoms with Gasteiger partial charge in [0.2, 0.25) is 0 Å². The summed E-state index contributed by atoms with van der Waals surface area (Å²) in [6.45, 7) is 1.93. The molecule has 0 aliphatic rings. The van der Waals surface area contributed by atoms with E-state index in [1.165, 1.54) is 15.5 Å². The minimum Gasteiger partial charge on any atom is -0.496 e. The van der Waals surface area contributed by atoms with Gasteiger partial charge in [0.25, 0.3) is 0 Å². The quantitative estimate of drug-likeness (QED) is 0.539. The van der Waals surface area contributed by atoms with Gasteiger partial charge in [0.15, 0.2) is 11.5 Å². The summed E-state index contributed by atoms with van der Waals surface area (Å²) < 4.78 is 8.35. The van der Waals surface area contributed by atoms with E-state index in [-0.39, 0.29) is 11.5 Å². The van der Waals surface area contributed by atoms with Gasteiger partial charge in [-0.05, 0) is 36.8 Å². The average Bonchev–Trinajstić information content (AvgIpc) is 2.95. The number of aryl methyl sites for hydroxylation is 1. The zero-order valence-corrected chi connectivity index (χ0v) is 14.9. The van der Waals surface area contributed by atoms with E-state index in [0.29, 0.717) is 34.0 Å². The Labute approximate surface area is 154 Å². The number of hydrogen-bond acceptors (Lipinski definition) is 6. The maximum atomic E-state index is 13.4. The molecule has 2 aromatic carbocycles. The lowest BCUT2D eigenvalue weighted by Gasteiger charge is -2.09. The van der Waals surface area contributed by atoms with Crippen molar-refractivity contribution < 1.29 is 4.74 Å². The Kier molecular flexibility index (Phi) is 3.80. The summed E-state index contributed by atoms with van der Waals surface area (Å²) in [4.78, 5) is 21.7. The zero-order chi connectivity index (χ0) is 19.1. The Morgan fingerprint density at radius 2 is 1.78 bits per heavy atom. The molecule has 0 atom stereocenters. The molecular weight excluding hydrogens is 344 g/mol. The van der Waals surface area contributed by atoms with Gasteiger partial charge in [0, 0.05) is 11.8 Å². The minimum atomic E-state index is -0.325. The van der Waals surface area contributed by atoms with Gasteiger partial charge in [-0.1, -0.05) is 12.1 Å². The first kappa shape index (κ1) is 16.6.